The normalized spacial score (nSPS) is 21.8. The first-order valence-corrected chi connectivity index (χ1v) is 7.37. The van der Waals surface area contributed by atoms with E-state index >= 15 is 0 Å². The Labute approximate surface area is 120 Å². The molecule has 0 radical (unpaired) electrons. The van der Waals surface area contributed by atoms with Gasteiger partial charge >= 0.3 is 0 Å². The standard InChI is InChI=1S/C14H23ClN4/c1-4-5-11-8-13(15)17-14(16-11)9-12-10-18(2)6-7-19(12)3/h8,12H,4-7,9-10H2,1-3H3. The fraction of sp³-hybridized carbons (Fsp3) is 0.714. The fourth-order valence-corrected chi connectivity index (χ4v) is 2.75. The first-order valence-electron chi connectivity index (χ1n) is 6.99. The summed E-state index contributed by atoms with van der Waals surface area (Å²) >= 11 is 6.09. The Morgan fingerprint density at radius 2 is 2.11 bits per heavy atom. The first-order chi connectivity index (χ1) is 9.08. The highest BCUT2D eigenvalue weighted by Gasteiger charge is 2.23. The predicted molar refractivity (Wildman–Crippen MR) is 78.7 cm³/mol. The second kappa shape index (κ2) is 6.64. The molecule has 1 saturated heterocycles. The second-order valence-corrected chi connectivity index (χ2v) is 5.84. The molecule has 19 heavy (non-hydrogen) atoms. The molecule has 0 aromatic carbocycles. The molecule has 5 heteroatoms. The summed E-state index contributed by atoms with van der Waals surface area (Å²) in [4.78, 5) is 13.8. The molecule has 1 aliphatic rings. The minimum Gasteiger partial charge on any atom is -0.304 e. The van der Waals surface area contributed by atoms with Gasteiger partial charge in [-0.1, -0.05) is 24.9 Å². The van der Waals surface area contributed by atoms with Crippen LogP contribution >= 0.6 is 11.6 Å². The van der Waals surface area contributed by atoms with E-state index in [1.165, 1.54) is 0 Å². The zero-order valence-corrected chi connectivity index (χ0v) is 12.8. The van der Waals surface area contributed by atoms with Crippen LogP contribution in [-0.4, -0.2) is 59.5 Å². The van der Waals surface area contributed by atoms with E-state index < -0.39 is 0 Å². The predicted octanol–water partition coefficient (Wildman–Crippen LogP) is 1.87. The van der Waals surface area contributed by atoms with Crippen LogP contribution in [0.1, 0.15) is 24.9 Å². The molecule has 1 fully saturated rings. The van der Waals surface area contributed by atoms with Gasteiger partial charge in [0.2, 0.25) is 0 Å². The molecular formula is C14H23ClN4. The molecule has 0 aliphatic carbocycles. The number of hydrogen-bond acceptors (Lipinski definition) is 4. The van der Waals surface area contributed by atoms with Crippen LogP contribution in [0.4, 0.5) is 0 Å². The maximum Gasteiger partial charge on any atom is 0.133 e. The van der Waals surface area contributed by atoms with Gasteiger partial charge in [0.1, 0.15) is 11.0 Å². The summed E-state index contributed by atoms with van der Waals surface area (Å²) in [6.07, 6.45) is 2.92. The van der Waals surface area contributed by atoms with Crippen molar-refractivity contribution in [3.05, 3.63) is 22.7 Å². The summed E-state index contributed by atoms with van der Waals surface area (Å²) in [7, 11) is 4.34. The Balaban J connectivity index is 2.09. The fourth-order valence-electron chi connectivity index (χ4n) is 2.52. The van der Waals surface area contributed by atoms with E-state index in [9.17, 15) is 0 Å². The lowest BCUT2D eigenvalue weighted by molar-refractivity contribution is 0.113. The maximum absolute atomic E-state index is 6.09. The highest BCUT2D eigenvalue weighted by Crippen LogP contribution is 2.14. The Hall–Kier alpha value is -0.710. The highest BCUT2D eigenvalue weighted by molar-refractivity contribution is 6.29. The number of piperazine rings is 1. The lowest BCUT2D eigenvalue weighted by atomic mass is 10.1. The molecule has 1 aromatic heterocycles. The van der Waals surface area contributed by atoms with Gasteiger partial charge in [0.15, 0.2) is 0 Å². The van der Waals surface area contributed by atoms with E-state index in [0.717, 1.165) is 50.4 Å². The van der Waals surface area contributed by atoms with E-state index in [-0.39, 0.29) is 0 Å². The minimum absolute atomic E-state index is 0.478. The van der Waals surface area contributed by atoms with Gasteiger partial charge in [-0.05, 0) is 26.6 Å². The Kier molecular flexibility index (Phi) is 5.13. The van der Waals surface area contributed by atoms with Gasteiger partial charge in [0.25, 0.3) is 0 Å². The summed E-state index contributed by atoms with van der Waals surface area (Å²) in [5.41, 5.74) is 1.06. The van der Waals surface area contributed by atoms with Crippen LogP contribution in [0.25, 0.3) is 0 Å². The summed E-state index contributed by atoms with van der Waals surface area (Å²) in [5.74, 6) is 0.878. The number of nitrogens with zero attached hydrogens (tertiary/aromatic N) is 4. The number of aryl methyl sites for hydroxylation is 1. The highest BCUT2D eigenvalue weighted by atomic mass is 35.5. The topological polar surface area (TPSA) is 32.3 Å². The molecule has 1 aromatic rings. The van der Waals surface area contributed by atoms with Gasteiger partial charge in [0, 0.05) is 37.8 Å². The molecule has 0 N–H and O–H groups in total. The van der Waals surface area contributed by atoms with Crippen molar-refractivity contribution in [1.82, 2.24) is 19.8 Å². The van der Waals surface area contributed by atoms with Crippen molar-refractivity contribution in [1.29, 1.82) is 0 Å². The molecular weight excluding hydrogens is 260 g/mol. The van der Waals surface area contributed by atoms with Crippen molar-refractivity contribution in [2.75, 3.05) is 33.7 Å². The molecule has 1 aliphatic heterocycles. The average molecular weight is 283 g/mol. The molecule has 106 valence electrons. The molecule has 1 atom stereocenters. The largest absolute Gasteiger partial charge is 0.304 e. The Morgan fingerprint density at radius 1 is 1.32 bits per heavy atom. The number of hydrogen-bond donors (Lipinski definition) is 0. The second-order valence-electron chi connectivity index (χ2n) is 5.45. The smallest absolute Gasteiger partial charge is 0.133 e. The Morgan fingerprint density at radius 3 is 2.84 bits per heavy atom. The molecule has 2 rings (SSSR count). The minimum atomic E-state index is 0.478. The zero-order chi connectivity index (χ0) is 13.8. The summed E-state index contributed by atoms with van der Waals surface area (Å²) in [6.45, 7) is 5.45. The summed E-state index contributed by atoms with van der Waals surface area (Å²) in [5, 5.41) is 0.570. The number of likely N-dealkylation sites (N-methyl/N-ethyl adjacent to an activating group) is 2. The quantitative estimate of drug-likeness (QED) is 0.789. The zero-order valence-electron chi connectivity index (χ0n) is 12.1. The van der Waals surface area contributed by atoms with Crippen LogP contribution in [0, 0.1) is 0 Å². The van der Waals surface area contributed by atoms with E-state index in [1.807, 2.05) is 6.07 Å². The SMILES string of the molecule is CCCc1cc(Cl)nc(CC2CN(C)CCN2C)n1. The maximum atomic E-state index is 6.09. The lowest BCUT2D eigenvalue weighted by Crippen LogP contribution is -2.51. The molecule has 4 nitrogen and oxygen atoms in total. The number of rotatable bonds is 4. The van der Waals surface area contributed by atoms with Gasteiger partial charge < -0.3 is 9.80 Å². The molecule has 0 amide bonds. The van der Waals surface area contributed by atoms with Crippen molar-refractivity contribution in [3.63, 3.8) is 0 Å². The van der Waals surface area contributed by atoms with Gasteiger partial charge in [-0.25, -0.2) is 9.97 Å². The van der Waals surface area contributed by atoms with Gasteiger partial charge in [-0.15, -0.1) is 0 Å². The Bertz CT molecular complexity index is 424. The summed E-state index contributed by atoms with van der Waals surface area (Å²) < 4.78 is 0. The average Bonchev–Trinajstić information content (AvgIpc) is 2.33. The van der Waals surface area contributed by atoms with E-state index in [2.05, 4.69) is 40.8 Å². The van der Waals surface area contributed by atoms with Gasteiger partial charge in [-0.3, -0.25) is 0 Å². The third-order valence-electron chi connectivity index (χ3n) is 3.70. The van der Waals surface area contributed by atoms with Crippen LogP contribution in [0.3, 0.4) is 0 Å². The van der Waals surface area contributed by atoms with Gasteiger partial charge in [-0.2, -0.15) is 0 Å². The molecule has 2 heterocycles. The van der Waals surface area contributed by atoms with Crippen LogP contribution in [0.5, 0.6) is 0 Å². The summed E-state index contributed by atoms with van der Waals surface area (Å²) in [6, 6.07) is 2.36. The number of halogens is 1. The van der Waals surface area contributed by atoms with Crippen LogP contribution in [0.2, 0.25) is 5.15 Å². The third kappa shape index (κ3) is 4.13. The lowest BCUT2D eigenvalue weighted by Gasteiger charge is -2.37. The first kappa shape index (κ1) is 14.7. The molecule has 1 unspecified atom stereocenters. The van der Waals surface area contributed by atoms with Crippen molar-refractivity contribution < 1.29 is 0 Å². The van der Waals surface area contributed by atoms with E-state index in [0.29, 0.717) is 11.2 Å². The van der Waals surface area contributed by atoms with Crippen molar-refractivity contribution in [3.8, 4) is 0 Å². The van der Waals surface area contributed by atoms with Gasteiger partial charge in [0.05, 0.1) is 0 Å². The van der Waals surface area contributed by atoms with E-state index in [1.54, 1.807) is 0 Å². The number of aromatic nitrogens is 2. The van der Waals surface area contributed by atoms with Crippen LogP contribution in [0.15, 0.2) is 6.07 Å². The van der Waals surface area contributed by atoms with Crippen LogP contribution in [-0.2, 0) is 12.8 Å². The van der Waals surface area contributed by atoms with E-state index in [4.69, 9.17) is 11.6 Å². The monoisotopic (exact) mass is 282 g/mol. The molecule has 0 spiro atoms. The third-order valence-corrected chi connectivity index (χ3v) is 3.89. The van der Waals surface area contributed by atoms with Crippen molar-refractivity contribution in [2.24, 2.45) is 0 Å². The van der Waals surface area contributed by atoms with Crippen LogP contribution < -0.4 is 0 Å². The molecule has 0 bridgehead atoms. The molecule has 0 saturated carbocycles. The van der Waals surface area contributed by atoms with Crippen molar-refractivity contribution >= 4 is 11.6 Å². The van der Waals surface area contributed by atoms with Crippen molar-refractivity contribution in [2.45, 2.75) is 32.2 Å².